The lowest BCUT2D eigenvalue weighted by Crippen LogP contribution is -2.41. The summed E-state index contributed by atoms with van der Waals surface area (Å²) in [6.45, 7) is 0.795. The van der Waals surface area contributed by atoms with Gasteiger partial charge in [0.2, 0.25) is 18.1 Å². The maximum Gasteiger partial charge on any atom is 0.673 e. The summed E-state index contributed by atoms with van der Waals surface area (Å²) in [7, 11) is -6.00. The number of rotatable bonds is 25. The summed E-state index contributed by atoms with van der Waals surface area (Å²) >= 11 is 0. The molecular formula is C47H58BF4N5O10. The molecule has 4 amide bonds. The molecule has 0 bridgehead atoms. The first-order valence-electron chi connectivity index (χ1n) is 23.3. The van der Waals surface area contributed by atoms with Crippen LogP contribution in [0.2, 0.25) is 0 Å². The van der Waals surface area contributed by atoms with Crippen LogP contribution in [0.3, 0.4) is 0 Å². The standard InChI is InChI=1S/C47H57N5O10.BF4/c48-37-27-30-52-46-41(62-47(52)49-37)40(61-39(54)26-14-10-6-2-4-8-12-20-29-51-44(57)34-23-17-18-24-35(34)45(51)58)36(60-46)31-59-38(53)25-13-9-5-1-3-7-11-19-28-50-42(55)32-21-15-16-22-33(32)43(50)56;2-1(3,4)5/h15-18,21-24,27,30,36,40-41,46,48H,1-14,19-20,25-26,28-29,31H2;/q;-1/p+1/t36-,40-,41-,46-;/m1./s1. The van der Waals surface area contributed by atoms with Gasteiger partial charge in [-0.15, -0.1) is 0 Å². The van der Waals surface area contributed by atoms with Crippen molar-refractivity contribution in [2.75, 3.05) is 25.4 Å². The number of hydrogen-bond acceptors (Lipinski definition) is 12. The molecule has 0 unspecified atom stereocenters. The van der Waals surface area contributed by atoms with Gasteiger partial charge in [0, 0.05) is 37.0 Å². The first-order valence-corrected chi connectivity index (χ1v) is 23.3. The number of aromatic nitrogens is 2. The third-order valence-corrected chi connectivity index (χ3v) is 12.1. The first-order chi connectivity index (χ1) is 32.2. The smallest absolute Gasteiger partial charge is 0.463 e. The third-order valence-electron chi connectivity index (χ3n) is 12.1. The fourth-order valence-corrected chi connectivity index (χ4v) is 8.70. The molecule has 0 saturated carbocycles. The Hall–Kier alpha value is -5.92. The van der Waals surface area contributed by atoms with Gasteiger partial charge in [-0.1, -0.05) is 101 Å². The zero-order valence-electron chi connectivity index (χ0n) is 37.5. The molecule has 15 nitrogen and oxygen atoms in total. The Bertz CT molecular complexity index is 2160. The summed E-state index contributed by atoms with van der Waals surface area (Å²) in [5, 5.41) is 0. The van der Waals surface area contributed by atoms with Gasteiger partial charge < -0.3 is 41.9 Å². The Labute approximate surface area is 386 Å². The monoisotopic (exact) mass is 939 g/mol. The van der Waals surface area contributed by atoms with Gasteiger partial charge in [0.1, 0.15) is 18.9 Å². The van der Waals surface area contributed by atoms with Gasteiger partial charge in [-0.2, -0.15) is 4.57 Å². The predicted molar refractivity (Wildman–Crippen MR) is 235 cm³/mol. The molecule has 2 N–H and O–H groups in total. The number of anilines is 1. The predicted octanol–water partition coefficient (Wildman–Crippen LogP) is 7.98. The Morgan fingerprint density at radius 1 is 0.627 bits per heavy atom. The summed E-state index contributed by atoms with van der Waals surface area (Å²) in [6, 6.07) is 15.8. The molecular weight excluding hydrogens is 881 g/mol. The van der Waals surface area contributed by atoms with Crippen molar-refractivity contribution in [3.63, 3.8) is 0 Å². The minimum absolute atomic E-state index is 0.0789. The number of nitrogens with two attached hydrogens (primary N) is 1. The van der Waals surface area contributed by atoms with Crippen LogP contribution in [-0.4, -0.2) is 95.6 Å². The number of carbonyl (C=O) groups is 6. The molecule has 7 rings (SSSR count). The molecule has 20 heteroatoms. The minimum Gasteiger partial charge on any atom is -0.463 e. The Kier molecular flexibility index (Phi) is 18.2. The zero-order chi connectivity index (χ0) is 47.9. The maximum absolute atomic E-state index is 13.1. The highest BCUT2D eigenvalue weighted by Gasteiger charge is 2.58. The number of nitrogens with zero attached hydrogens (tertiary/aromatic N) is 4. The summed E-state index contributed by atoms with van der Waals surface area (Å²) < 4.78 is 64.6. The first kappa shape index (κ1) is 50.5. The van der Waals surface area contributed by atoms with Gasteiger partial charge in [-0.3, -0.25) is 38.6 Å². The van der Waals surface area contributed by atoms with Gasteiger partial charge in [0.25, 0.3) is 23.6 Å². The summed E-state index contributed by atoms with van der Waals surface area (Å²) in [5.41, 5.74) is 7.82. The summed E-state index contributed by atoms with van der Waals surface area (Å²) in [5.74, 6) is -1.24. The Morgan fingerprint density at radius 2 is 1.03 bits per heavy atom. The number of ether oxygens (including phenoxy) is 4. The zero-order valence-corrected chi connectivity index (χ0v) is 37.5. The van der Waals surface area contributed by atoms with Crippen LogP contribution in [0.25, 0.3) is 0 Å². The van der Waals surface area contributed by atoms with Crippen molar-refractivity contribution in [2.45, 2.75) is 140 Å². The van der Waals surface area contributed by atoms with Gasteiger partial charge in [0.05, 0.1) is 22.3 Å². The summed E-state index contributed by atoms with van der Waals surface area (Å²) in [4.78, 5) is 82.9. The van der Waals surface area contributed by atoms with Gasteiger partial charge in [-0.25, -0.2) is 0 Å². The highest BCUT2D eigenvalue weighted by Crippen LogP contribution is 2.36. The highest BCUT2D eigenvalue weighted by atomic mass is 19.5. The molecule has 67 heavy (non-hydrogen) atoms. The maximum atomic E-state index is 13.1. The number of halogens is 4. The van der Waals surface area contributed by atoms with Crippen molar-refractivity contribution in [1.29, 1.82) is 0 Å². The number of fused-ring (bicyclic) bond motifs is 5. The molecule has 1 saturated heterocycles. The topological polar surface area (TPSA) is 189 Å². The number of esters is 2. The molecule has 4 aliphatic heterocycles. The van der Waals surface area contributed by atoms with Crippen molar-refractivity contribution in [3.8, 4) is 6.01 Å². The van der Waals surface area contributed by atoms with E-state index in [9.17, 15) is 46.0 Å². The molecule has 0 radical (unpaired) electrons. The second-order valence-electron chi connectivity index (χ2n) is 17.1. The fourth-order valence-electron chi connectivity index (χ4n) is 8.70. The number of amides is 4. The lowest BCUT2D eigenvalue weighted by Gasteiger charge is -2.21. The van der Waals surface area contributed by atoms with Crippen LogP contribution in [0, 0.1) is 0 Å². The second-order valence-corrected chi connectivity index (χ2v) is 17.1. The number of nitrogen functional groups attached to an aromatic ring is 1. The molecule has 2 aromatic carbocycles. The largest absolute Gasteiger partial charge is 0.673 e. The van der Waals surface area contributed by atoms with Crippen molar-refractivity contribution >= 4 is 48.6 Å². The van der Waals surface area contributed by atoms with E-state index in [2.05, 4.69) is 4.98 Å². The number of hydrogen-bond donors (Lipinski definition) is 1. The lowest BCUT2D eigenvalue weighted by atomic mass is 10.1. The van der Waals surface area contributed by atoms with Crippen molar-refractivity contribution in [1.82, 2.24) is 14.8 Å². The number of imide groups is 2. The van der Waals surface area contributed by atoms with Crippen LogP contribution in [0.1, 0.15) is 163 Å². The van der Waals surface area contributed by atoms with E-state index in [-0.39, 0.29) is 66.8 Å². The minimum atomic E-state index is -6.00. The molecule has 3 aromatic rings. The Balaban J connectivity index is 0.00000141. The van der Waals surface area contributed by atoms with Crippen LogP contribution >= 0.6 is 0 Å². The molecule has 1 aromatic heterocycles. The van der Waals surface area contributed by atoms with Gasteiger partial charge >= 0.3 is 25.2 Å². The number of carbonyl (C=O) groups excluding carboxylic acids is 6. The van der Waals surface area contributed by atoms with E-state index in [1.54, 1.807) is 65.4 Å². The van der Waals surface area contributed by atoms with E-state index in [1.807, 2.05) is 0 Å². The SMILES string of the molecule is F[B-](F)(F)F.Nc1cc[n+]2c(n1)O[C@@H]1[C@H](OC(=O)CCCCCCCCCCN3C(=O)c4ccccc4C3=O)[C@@H](COC(=O)CCCCCCCCCCN3C(=O)c4ccccc4C3=O)O[C@H]12. The van der Waals surface area contributed by atoms with Crippen molar-refractivity contribution < 1.29 is 69.5 Å². The normalized spacial score (nSPS) is 19.1. The van der Waals surface area contributed by atoms with E-state index in [1.165, 1.54) is 9.80 Å². The second kappa shape index (κ2) is 24.2. The Morgan fingerprint density at radius 3 is 1.48 bits per heavy atom. The lowest BCUT2D eigenvalue weighted by molar-refractivity contribution is -0.746. The molecule has 4 atom stereocenters. The summed E-state index contributed by atoms with van der Waals surface area (Å²) in [6.07, 6.45) is 14.1. The quantitative estimate of drug-likeness (QED) is 0.0216. The van der Waals surface area contributed by atoms with E-state index in [0.717, 1.165) is 89.9 Å². The fraction of sp³-hybridized carbons (Fsp3) is 0.532. The van der Waals surface area contributed by atoms with Crippen LogP contribution in [0.4, 0.5) is 23.1 Å². The van der Waals surface area contributed by atoms with Crippen molar-refractivity contribution in [2.24, 2.45) is 0 Å². The van der Waals surface area contributed by atoms with E-state index in [0.29, 0.717) is 48.2 Å². The molecule has 0 aliphatic carbocycles. The molecule has 0 spiro atoms. The van der Waals surface area contributed by atoms with Crippen LogP contribution in [-0.2, 0) is 23.8 Å². The van der Waals surface area contributed by atoms with E-state index >= 15 is 0 Å². The molecule has 362 valence electrons. The number of unbranched alkanes of at least 4 members (excludes halogenated alkanes) is 14. The third kappa shape index (κ3) is 14.1. The molecule has 5 heterocycles. The van der Waals surface area contributed by atoms with Gasteiger partial charge in [-0.05, 0) is 49.9 Å². The average molecular weight is 940 g/mol. The van der Waals surface area contributed by atoms with Gasteiger partial charge in [0.15, 0.2) is 6.10 Å². The van der Waals surface area contributed by atoms with Crippen LogP contribution in [0.5, 0.6) is 6.01 Å². The van der Waals surface area contributed by atoms with Crippen LogP contribution < -0.4 is 15.0 Å². The number of benzene rings is 2. The average Bonchev–Trinajstić information content (AvgIpc) is 3.97. The molecule has 4 aliphatic rings. The molecule has 1 fully saturated rings. The van der Waals surface area contributed by atoms with E-state index in [4.69, 9.17) is 24.7 Å². The van der Waals surface area contributed by atoms with Crippen molar-refractivity contribution in [3.05, 3.63) is 83.0 Å². The van der Waals surface area contributed by atoms with E-state index < -0.39 is 31.8 Å². The highest BCUT2D eigenvalue weighted by molar-refractivity contribution is 6.50. The van der Waals surface area contributed by atoms with Crippen LogP contribution in [0.15, 0.2) is 60.8 Å².